The fraction of sp³-hybridized carbons (Fsp3) is 0.467. The molecule has 9 heteroatoms. The van der Waals surface area contributed by atoms with Crippen LogP contribution in [0.5, 0.6) is 0 Å². The van der Waals surface area contributed by atoms with Crippen LogP contribution in [0.3, 0.4) is 0 Å². The maximum atomic E-state index is 13.0. The second-order valence-electron chi connectivity index (χ2n) is 6.06. The predicted octanol–water partition coefficient (Wildman–Crippen LogP) is 4.16. The maximum Gasteiger partial charge on any atom is 0.418 e. The van der Waals surface area contributed by atoms with Crippen molar-refractivity contribution in [3.05, 3.63) is 28.8 Å². The molecule has 24 heavy (non-hydrogen) atoms. The molecular formula is C15H18ClF3N2O3. The van der Waals surface area contributed by atoms with Crippen molar-refractivity contribution in [1.29, 1.82) is 0 Å². The minimum Gasteiger partial charge on any atom is -0.459 e. The number of carbonyl (C=O) groups is 2. The first-order chi connectivity index (χ1) is 10.8. The molecule has 0 aliphatic carbocycles. The highest BCUT2D eigenvalue weighted by Crippen LogP contribution is 2.36. The van der Waals surface area contributed by atoms with Crippen molar-refractivity contribution in [1.82, 2.24) is 4.90 Å². The molecule has 0 aliphatic heterocycles. The molecule has 0 bridgehead atoms. The van der Waals surface area contributed by atoms with Crippen LogP contribution in [0.4, 0.5) is 23.7 Å². The Morgan fingerprint density at radius 3 is 2.33 bits per heavy atom. The van der Waals surface area contributed by atoms with Crippen LogP contribution in [0.25, 0.3) is 0 Å². The van der Waals surface area contributed by atoms with E-state index in [0.29, 0.717) is 6.07 Å². The highest BCUT2D eigenvalue weighted by molar-refractivity contribution is 6.30. The first-order valence-corrected chi connectivity index (χ1v) is 7.28. The number of likely N-dealkylation sites (N-methyl/N-ethyl adjacent to an activating group) is 1. The van der Waals surface area contributed by atoms with E-state index in [0.717, 1.165) is 11.0 Å². The molecule has 0 atom stereocenters. The lowest BCUT2D eigenvalue weighted by atomic mass is 10.1. The Balaban J connectivity index is 2.83. The average molecular weight is 367 g/mol. The lowest BCUT2D eigenvalue weighted by Gasteiger charge is -2.23. The molecule has 2 amide bonds. The van der Waals surface area contributed by atoms with Gasteiger partial charge >= 0.3 is 18.2 Å². The Kier molecular flexibility index (Phi) is 6.10. The van der Waals surface area contributed by atoms with Crippen molar-refractivity contribution in [2.45, 2.75) is 32.5 Å². The third kappa shape index (κ3) is 6.27. The van der Waals surface area contributed by atoms with E-state index < -0.39 is 41.6 Å². The van der Waals surface area contributed by atoms with Gasteiger partial charge in [0, 0.05) is 12.1 Å². The van der Waals surface area contributed by atoms with E-state index in [4.69, 9.17) is 16.3 Å². The monoisotopic (exact) mass is 366 g/mol. The molecule has 5 nitrogen and oxygen atoms in total. The van der Waals surface area contributed by atoms with Crippen LogP contribution in [-0.2, 0) is 15.7 Å². The van der Waals surface area contributed by atoms with Gasteiger partial charge in [-0.25, -0.2) is 4.79 Å². The highest BCUT2D eigenvalue weighted by Gasteiger charge is 2.34. The molecule has 0 saturated heterocycles. The van der Waals surface area contributed by atoms with Crippen molar-refractivity contribution < 1.29 is 27.5 Å². The lowest BCUT2D eigenvalue weighted by molar-refractivity contribution is -0.155. The zero-order valence-electron chi connectivity index (χ0n) is 13.6. The van der Waals surface area contributed by atoms with E-state index in [1.165, 1.54) is 13.1 Å². The van der Waals surface area contributed by atoms with Gasteiger partial charge < -0.3 is 15.0 Å². The second kappa shape index (κ2) is 7.29. The molecule has 134 valence electrons. The molecule has 0 radical (unpaired) electrons. The SMILES string of the molecule is CN(CC(=O)OC(C)(C)C)C(=O)Nc1ccc(Cl)cc1C(F)(F)F. The van der Waals surface area contributed by atoms with Gasteiger partial charge in [0.05, 0.1) is 11.3 Å². The van der Waals surface area contributed by atoms with Crippen molar-refractivity contribution in [3.8, 4) is 0 Å². The number of carbonyl (C=O) groups excluding carboxylic acids is 2. The van der Waals surface area contributed by atoms with Gasteiger partial charge in [0.2, 0.25) is 0 Å². The van der Waals surface area contributed by atoms with Crippen LogP contribution in [0, 0.1) is 0 Å². The molecule has 1 rings (SSSR count). The van der Waals surface area contributed by atoms with Gasteiger partial charge in [-0.1, -0.05) is 11.6 Å². The summed E-state index contributed by atoms with van der Waals surface area (Å²) in [7, 11) is 1.27. The summed E-state index contributed by atoms with van der Waals surface area (Å²) >= 11 is 5.57. The number of ether oxygens (including phenoxy) is 1. The third-order valence-corrected chi connectivity index (χ3v) is 2.90. The summed E-state index contributed by atoms with van der Waals surface area (Å²) in [5, 5.41) is 2.00. The molecule has 0 fully saturated rings. The average Bonchev–Trinajstić information content (AvgIpc) is 2.37. The molecule has 0 aromatic heterocycles. The van der Waals surface area contributed by atoms with Gasteiger partial charge in [0.1, 0.15) is 12.1 Å². The van der Waals surface area contributed by atoms with Crippen LogP contribution >= 0.6 is 11.6 Å². The smallest absolute Gasteiger partial charge is 0.418 e. The maximum absolute atomic E-state index is 13.0. The number of halogens is 4. The summed E-state index contributed by atoms with van der Waals surface area (Å²) in [6.45, 7) is 4.58. The summed E-state index contributed by atoms with van der Waals surface area (Å²) in [4.78, 5) is 24.6. The number of nitrogens with zero attached hydrogens (tertiary/aromatic N) is 1. The fourth-order valence-corrected chi connectivity index (χ4v) is 1.88. The molecule has 1 N–H and O–H groups in total. The number of hydrogen-bond donors (Lipinski definition) is 1. The largest absolute Gasteiger partial charge is 0.459 e. The summed E-state index contributed by atoms with van der Waals surface area (Å²) in [6, 6.07) is 2.10. The molecule has 0 aliphatic rings. The quantitative estimate of drug-likeness (QED) is 0.817. The van der Waals surface area contributed by atoms with Gasteiger partial charge in [-0.05, 0) is 39.0 Å². The van der Waals surface area contributed by atoms with E-state index >= 15 is 0 Å². The molecule has 0 spiro atoms. The van der Waals surface area contributed by atoms with Gasteiger partial charge in [-0.15, -0.1) is 0 Å². The standard InChI is InChI=1S/C15H18ClF3N2O3/c1-14(2,3)24-12(22)8-21(4)13(23)20-11-6-5-9(16)7-10(11)15(17,18)19/h5-7H,8H2,1-4H3,(H,20,23). The summed E-state index contributed by atoms with van der Waals surface area (Å²) < 4.78 is 44.0. The van der Waals surface area contributed by atoms with Gasteiger partial charge in [0.25, 0.3) is 0 Å². The zero-order valence-corrected chi connectivity index (χ0v) is 14.4. The number of benzene rings is 1. The number of anilines is 1. The first kappa shape index (κ1) is 20.1. The number of alkyl halides is 3. The Bertz CT molecular complexity index is 627. The van der Waals surface area contributed by atoms with Crippen LogP contribution in [0.2, 0.25) is 5.02 Å². The van der Waals surface area contributed by atoms with Crippen molar-refractivity contribution in [2.24, 2.45) is 0 Å². The van der Waals surface area contributed by atoms with Crippen LogP contribution in [0.1, 0.15) is 26.3 Å². The van der Waals surface area contributed by atoms with Crippen LogP contribution in [0.15, 0.2) is 18.2 Å². The van der Waals surface area contributed by atoms with Crippen LogP contribution in [-0.4, -0.2) is 36.1 Å². The topological polar surface area (TPSA) is 58.6 Å². The number of amides is 2. The van der Waals surface area contributed by atoms with Gasteiger partial charge in [0.15, 0.2) is 0 Å². The van der Waals surface area contributed by atoms with E-state index in [2.05, 4.69) is 5.32 Å². The van der Waals surface area contributed by atoms with E-state index in [1.54, 1.807) is 20.8 Å². The van der Waals surface area contributed by atoms with Crippen LogP contribution < -0.4 is 5.32 Å². The predicted molar refractivity (Wildman–Crippen MR) is 83.9 cm³/mol. The normalized spacial score (nSPS) is 11.8. The minimum absolute atomic E-state index is 0.109. The molecule has 0 unspecified atom stereocenters. The van der Waals surface area contributed by atoms with Gasteiger partial charge in [-0.3, -0.25) is 4.79 Å². The Labute approximate surface area is 142 Å². The lowest BCUT2D eigenvalue weighted by Crippen LogP contribution is -2.38. The van der Waals surface area contributed by atoms with Crippen molar-refractivity contribution >= 4 is 29.3 Å². The Morgan fingerprint density at radius 1 is 1.25 bits per heavy atom. The number of urea groups is 1. The molecule has 1 aromatic rings. The number of nitrogens with one attached hydrogen (secondary N) is 1. The summed E-state index contributed by atoms with van der Waals surface area (Å²) in [6.07, 6.45) is -4.68. The van der Waals surface area contributed by atoms with Crippen molar-refractivity contribution in [3.63, 3.8) is 0 Å². The minimum atomic E-state index is -4.68. The Morgan fingerprint density at radius 2 is 1.83 bits per heavy atom. The van der Waals surface area contributed by atoms with Crippen molar-refractivity contribution in [2.75, 3.05) is 18.9 Å². The molecular weight excluding hydrogens is 349 g/mol. The zero-order chi connectivity index (χ0) is 18.7. The third-order valence-electron chi connectivity index (χ3n) is 2.66. The fourth-order valence-electron chi connectivity index (χ4n) is 1.71. The van der Waals surface area contributed by atoms with E-state index in [-0.39, 0.29) is 5.02 Å². The first-order valence-electron chi connectivity index (χ1n) is 6.90. The summed E-state index contributed by atoms with van der Waals surface area (Å²) in [5.74, 6) is -0.674. The highest BCUT2D eigenvalue weighted by atomic mass is 35.5. The molecule has 0 heterocycles. The number of esters is 1. The van der Waals surface area contributed by atoms with Gasteiger partial charge in [-0.2, -0.15) is 13.2 Å². The number of rotatable bonds is 3. The second-order valence-corrected chi connectivity index (χ2v) is 6.50. The number of hydrogen-bond acceptors (Lipinski definition) is 3. The Hall–Kier alpha value is -1.96. The van der Waals surface area contributed by atoms with E-state index in [1.807, 2.05) is 0 Å². The summed E-state index contributed by atoms with van der Waals surface area (Å²) in [5.41, 5.74) is -2.25. The van der Waals surface area contributed by atoms with E-state index in [9.17, 15) is 22.8 Å². The molecule has 1 aromatic carbocycles. The molecule has 0 saturated carbocycles.